The van der Waals surface area contributed by atoms with E-state index in [1.165, 1.54) is 15.8 Å². The number of carbonyl (C=O) groups is 1. The Kier molecular flexibility index (Phi) is 5.21. The van der Waals surface area contributed by atoms with Crippen LogP contribution in [0.5, 0.6) is 0 Å². The van der Waals surface area contributed by atoms with Crippen molar-refractivity contribution in [1.29, 1.82) is 0 Å². The van der Waals surface area contributed by atoms with Gasteiger partial charge in [-0.05, 0) is 35.2 Å². The molecule has 0 saturated heterocycles. The third-order valence-corrected chi connectivity index (χ3v) is 7.11. The van der Waals surface area contributed by atoms with E-state index in [4.69, 9.17) is 0 Å². The second-order valence-corrected chi connectivity index (χ2v) is 9.09. The summed E-state index contributed by atoms with van der Waals surface area (Å²) in [5.74, 6) is 0.0920. The molecule has 1 atom stereocenters. The van der Waals surface area contributed by atoms with Crippen molar-refractivity contribution in [3.05, 3.63) is 87.7 Å². The zero-order chi connectivity index (χ0) is 20.3. The van der Waals surface area contributed by atoms with Crippen molar-refractivity contribution in [2.45, 2.75) is 12.5 Å². The van der Waals surface area contributed by atoms with Gasteiger partial charge >= 0.3 is 6.03 Å². The normalized spacial score (nSPS) is 12.3. The number of nitrogens with one attached hydrogen (secondary N) is 3. The van der Waals surface area contributed by atoms with E-state index in [1.54, 1.807) is 22.7 Å². The molecule has 3 aromatic heterocycles. The SMILES string of the molecule is O=C(NCc1nc2ccccc2s1)NCC(c1cccs1)c1c[nH]c2ccccc12. The quantitative estimate of drug-likeness (QED) is 0.333. The molecule has 5 nitrogen and oxygen atoms in total. The summed E-state index contributed by atoms with van der Waals surface area (Å²) in [5.41, 5.74) is 3.27. The van der Waals surface area contributed by atoms with Crippen LogP contribution in [-0.2, 0) is 6.54 Å². The highest BCUT2D eigenvalue weighted by Gasteiger charge is 2.20. The molecule has 5 rings (SSSR count). The average molecular weight is 433 g/mol. The van der Waals surface area contributed by atoms with Gasteiger partial charge in [-0.1, -0.05) is 36.4 Å². The highest BCUT2D eigenvalue weighted by Crippen LogP contribution is 2.32. The van der Waals surface area contributed by atoms with Crippen LogP contribution in [0.1, 0.15) is 21.4 Å². The lowest BCUT2D eigenvalue weighted by atomic mass is 9.97. The van der Waals surface area contributed by atoms with E-state index in [9.17, 15) is 4.79 Å². The first kappa shape index (κ1) is 18.8. The average Bonchev–Trinajstić information content (AvgIpc) is 3.52. The number of benzene rings is 2. The van der Waals surface area contributed by atoms with Crippen LogP contribution < -0.4 is 10.6 Å². The summed E-state index contributed by atoms with van der Waals surface area (Å²) in [5, 5.41) is 10.1. The number of aromatic nitrogens is 2. The maximum Gasteiger partial charge on any atom is 0.315 e. The molecule has 3 N–H and O–H groups in total. The summed E-state index contributed by atoms with van der Waals surface area (Å²) in [6, 6.07) is 20.3. The molecule has 0 aliphatic heterocycles. The molecule has 0 bridgehead atoms. The van der Waals surface area contributed by atoms with Crippen LogP contribution in [0.15, 0.2) is 72.2 Å². The third-order valence-electron chi connectivity index (χ3n) is 5.09. The summed E-state index contributed by atoms with van der Waals surface area (Å²) in [6.45, 7) is 0.940. The van der Waals surface area contributed by atoms with Crippen LogP contribution in [-0.4, -0.2) is 22.5 Å². The number of para-hydroxylation sites is 2. The highest BCUT2D eigenvalue weighted by atomic mass is 32.1. The molecule has 0 spiro atoms. The molecule has 0 radical (unpaired) electrons. The molecule has 1 unspecified atom stereocenters. The number of amides is 2. The van der Waals surface area contributed by atoms with E-state index in [0.29, 0.717) is 13.1 Å². The number of thiazole rings is 1. The molecule has 30 heavy (non-hydrogen) atoms. The molecule has 5 aromatic rings. The molecule has 2 amide bonds. The number of hydrogen-bond acceptors (Lipinski definition) is 4. The number of nitrogens with zero attached hydrogens (tertiary/aromatic N) is 1. The van der Waals surface area contributed by atoms with Gasteiger partial charge in [0.2, 0.25) is 0 Å². The Hall–Kier alpha value is -3.16. The number of rotatable bonds is 6. The fraction of sp³-hybridized carbons (Fsp3) is 0.130. The van der Waals surface area contributed by atoms with Gasteiger partial charge in [0, 0.05) is 34.4 Å². The highest BCUT2D eigenvalue weighted by molar-refractivity contribution is 7.18. The van der Waals surface area contributed by atoms with Crippen molar-refractivity contribution in [1.82, 2.24) is 20.6 Å². The minimum absolute atomic E-state index is 0.0920. The van der Waals surface area contributed by atoms with Crippen molar-refractivity contribution in [3.63, 3.8) is 0 Å². The molecule has 0 aliphatic carbocycles. The van der Waals surface area contributed by atoms with Gasteiger partial charge in [-0.3, -0.25) is 0 Å². The number of aromatic amines is 1. The maximum absolute atomic E-state index is 12.5. The zero-order valence-electron chi connectivity index (χ0n) is 16.1. The number of hydrogen-bond donors (Lipinski definition) is 3. The van der Waals surface area contributed by atoms with Gasteiger partial charge in [0.25, 0.3) is 0 Å². The van der Waals surface area contributed by atoms with E-state index in [1.807, 2.05) is 36.4 Å². The van der Waals surface area contributed by atoms with Gasteiger partial charge < -0.3 is 15.6 Å². The van der Waals surface area contributed by atoms with Crippen molar-refractivity contribution < 1.29 is 4.79 Å². The van der Waals surface area contributed by atoms with Gasteiger partial charge in [-0.2, -0.15) is 0 Å². The molecule has 7 heteroatoms. The lowest BCUT2D eigenvalue weighted by molar-refractivity contribution is 0.240. The Labute approximate surface area is 181 Å². The fourth-order valence-electron chi connectivity index (χ4n) is 3.64. The summed E-state index contributed by atoms with van der Waals surface area (Å²) in [7, 11) is 0. The van der Waals surface area contributed by atoms with Crippen LogP contribution in [0.2, 0.25) is 0 Å². The molecule has 3 heterocycles. The van der Waals surface area contributed by atoms with Crippen LogP contribution in [0.25, 0.3) is 21.1 Å². The Balaban J connectivity index is 1.28. The van der Waals surface area contributed by atoms with Crippen LogP contribution in [0, 0.1) is 0 Å². The number of fused-ring (bicyclic) bond motifs is 2. The van der Waals surface area contributed by atoms with Gasteiger partial charge in [0.1, 0.15) is 5.01 Å². The smallest absolute Gasteiger partial charge is 0.315 e. The Morgan fingerprint density at radius 1 is 1.03 bits per heavy atom. The van der Waals surface area contributed by atoms with Gasteiger partial charge in [0.15, 0.2) is 0 Å². The van der Waals surface area contributed by atoms with Gasteiger partial charge in [0.05, 0.1) is 16.8 Å². The zero-order valence-corrected chi connectivity index (χ0v) is 17.7. The van der Waals surface area contributed by atoms with E-state index in [2.05, 4.69) is 56.4 Å². The molecular formula is C23H20N4OS2. The second-order valence-electron chi connectivity index (χ2n) is 7.00. The molecule has 0 saturated carbocycles. The van der Waals surface area contributed by atoms with E-state index >= 15 is 0 Å². The predicted molar refractivity (Wildman–Crippen MR) is 124 cm³/mol. The minimum Gasteiger partial charge on any atom is -0.361 e. The lowest BCUT2D eigenvalue weighted by Gasteiger charge is -2.16. The monoisotopic (exact) mass is 432 g/mol. The van der Waals surface area contributed by atoms with Crippen LogP contribution >= 0.6 is 22.7 Å². The first-order valence-corrected chi connectivity index (χ1v) is 11.4. The molecule has 0 fully saturated rings. The number of thiophene rings is 1. The van der Waals surface area contributed by atoms with E-state index in [0.717, 1.165) is 20.7 Å². The van der Waals surface area contributed by atoms with E-state index < -0.39 is 0 Å². The number of H-pyrrole nitrogens is 1. The Morgan fingerprint density at radius 3 is 2.77 bits per heavy atom. The third kappa shape index (κ3) is 3.81. The van der Waals surface area contributed by atoms with Crippen LogP contribution in [0.4, 0.5) is 4.79 Å². The van der Waals surface area contributed by atoms with Crippen LogP contribution in [0.3, 0.4) is 0 Å². The summed E-state index contributed by atoms with van der Waals surface area (Å²) in [6.07, 6.45) is 2.05. The predicted octanol–water partition coefficient (Wildman–Crippen LogP) is 5.47. The Bertz CT molecular complexity index is 1260. The molecule has 150 valence electrons. The molecule has 0 aliphatic rings. The maximum atomic E-state index is 12.5. The van der Waals surface area contributed by atoms with Gasteiger partial charge in [-0.25, -0.2) is 9.78 Å². The summed E-state index contributed by atoms with van der Waals surface area (Å²) >= 11 is 3.31. The second kappa shape index (κ2) is 8.30. The summed E-state index contributed by atoms with van der Waals surface area (Å²) < 4.78 is 1.13. The topological polar surface area (TPSA) is 69.8 Å². The first-order chi connectivity index (χ1) is 14.8. The fourth-order valence-corrected chi connectivity index (χ4v) is 5.40. The summed E-state index contributed by atoms with van der Waals surface area (Å²) in [4.78, 5) is 21.6. The minimum atomic E-state index is -0.185. The number of carbonyl (C=O) groups excluding carboxylic acids is 1. The van der Waals surface area contributed by atoms with Crippen molar-refractivity contribution in [3.8, 4) is 0 Å². The molecule has 2 aromatic carbocycles. The lowest BCUT2D eigenvalue weighted by Crippen LogP contribution is -2.37. The van der Waals surface area contributed by atoms with Crippen molar-refractivity contribution >= 4 is 49.8 Å². The largest absolute Gasteiger partial charge is 0.361 e. The van der Waals surface area contributed by atoms with Crippen molar-refractivity contribution in [2.24, 2.45) is 0 Å². The van der Waals surface area contributed by atoms with Gasteiger partial charge in [-0.15, -0.1) is 22.7 Å². The van der Waals surface area contributed by atoms with E-state index in [-0.39, 0.29) is 11.9 Å². The van der Waals surface area contributed by atoms with Crippen molar-refractivity contribution in [2.75, 3.05) is 6.54 Å². The first-order valence-electron chi connectivity index (χ1n) is 9.73. The molecular weight excluding hydrogens is 412 g/mol. The number of urea groups is 1. The standard InChI is InChI=1S/C23H20N4OS2/c28-23(26-14-22-27-19-8-3-4-9-21(19)30-22)25-13-17(20-10-5-11-29-20)16-12-24-18-7-2-1-6-15(16)18/h1-12,17,24H,13-14H2,(H2,25,26,28). The Morgan fingerprint density at radius 2 is 1.90 bits per heavy atom.